The third-order valence-corrected chi connectivity index (χ3v) is 3.95. The summed E-state index contributed by atoms with van der Waals surface area (Å²) in [5.41, 5.74) is -0.541. The van der Waals surface area contributed by atoms with Crippen LogP contribution >= 0.6 is 0 Å². The standard InChI is InChI=1S/C13H16F2N2O2/c1-2-13(4-3-5-13)16-8-9-6-12(17(18)19)11(15)7-10(9)14/h6-7,16H,2-5,8H2,1H3. The number of nitrogens with zero attached hydrogens (tertiary/aromatic N) is 1. The van der Waals surface area contributed by atoms with E-state index in [1.54, 1.807) is 0 Å². The Labute approximate surface area is 110 Å². The van der Waals surface area contributed by atoms with Crippen LogP contribution in [-0.4, -0.2) is 10.5 Å². The van der Waals surface area contributed by atoms with Gasteiger partial charge in [-0.05, 0) is 25.7 Å². The van der Waals surface area contributed by atoms with Crippen molar-refractivity contribution < 1.29 is 13.7 Å². The van der Waals surface area contributed by atoms with E-state index in [-0.39, 0.29) is 17.6 Å². The Morgan fingerprint density at radius 2 is 2.05 bits per heavy atom. The van der Waals surface area contributed by atoms with Crippen LogP contribution in [0.2, 0.25) is 0 Å². The molecule has 0 unspecified atom stereocenters. The lowest BCUT2D eigenvalue weighted by Crippen LogP contribution is -2.49. The molecule has 0 amide bonds. The van der Waals surface area contributed by atoms with Gasteiger partial charge in [-0.3, -0.25) is 10.1 Å². The number of nitrogens with one attached hydrogen (secondary N) is 1. The van der Waals surface area contributed by atoms with Crippen molar-refractivity contribution in [2.45, 2.75) is 44.7 Å². The van der Waals surface area contributed by atoms with E-state index in [1.807, 2.05) is 0 Å². The first-order chi connectivity index (χ1) is 8.97. The zero-order valence-electron chi connectivity index (χ0n) is 10.7. The second kappa shape index (κ2) is 5.21. The van der Waals surface area contributed by atoms with Crippen LogP contribution in [-0.2, 0) is 6.54 Å². The summed E-state index contributed by atoms with van der Waals surface area (Å²) in [5.74, 6) is -1.89. The van der Waals surface area contributed by atoms with Gasteiger partial charge in [-0.15, -0.1) is 0 Å². The van der Waals surface area contributed by atoms with Gasteiger partial charge in [0.05, 0.1) is 4.92 Å². The second-order valence-electron chi connectivity index (χ2n) is 4.99. The maximum Gasteiger partial charge on any atom is 0.305 e. The summed E-state index contributed by atoms with van der Waals surface area (Å²) in [6.45, 7) is 2.23. The zero-order valence-corrected chi connectivity index (χ0v) is 10.7. The van der Waals surface area contributed by atoms with Crippen LogP contribution in [0.25, 0.3) is 0 Å². The van der Waals surface area contributed by atoms with Gasteiger partial charge >= 0.3 is 5.69 Å². The van der Waals surface area contributed by atoms with Crippen LogP contribution in [0.1, 0.15) is 38.2 Å². The van der Waals surface area contributed by atoms with Crippen molar-refractivity contribution in [2.24, 2.45) is 0 Å². The number of hydrogen-bond donors (Lipinski definition) is 1. The van der Waals surface area contributed by atoms with E-state index in [0.717, 1.165) is 31.7 Å². The van der Waals surface area contributed by atoms with Crippen LogP contribution in [0.3, 0.4) is 0 Å². The summed E-state index contributed by atoms with van der Waals surface area (Å²) in [6.07, 6.45) is 4.10. The van der Waals surface area contributed by atoms with E-state index in [9.17, 15) is 18.9 Å². The molecule has 2 rings (SSSR count). The molecule has 0 bridgehead atoms. The van der Waals surface area contributed by atoms with Crippen molar-refractivity contribution in [3.63, 3.8) is 0 Å². The van der Waals surface area contributed by atoms with E-state index < -0.39 is 22.2 Å². The molecular formula is C13H16F2N2O2. The van der Waals surface area contributed by atoms with E-state index >= 15 is 0 Å². The van der Waals surface area contributed by atoms with Crippen molar-refractivity contribution in [2.75, 3.05) is 0 Å². The summed E-state index contributed by atoms with van der Waals surface area (Å²) in [5, 5.41) is 13.9. The maximum atomic E-state index is 13.6. The van der Waals surface area contributed by atoms with Crippen molar-refractivity contribution >= 4 is 5.69 Å². The molecule has 0 heterocycles. The molecule has 6 heteroatoms. The Morgan fingerprint density at radius 1 is 1.37 bits per heavy atom. The predicted octanol–water partition coefficient (Wildman–Crippen LogP) is 3.30. The molecule has 19 heavy (non-hydrogen) atoms. The maximum absolute atomic E-state index is 13.6. The number of hydrogen-bond acceptors (Lipinski definition) is 3. The fourth-order valence-corrected chi connectivity index (χ4v) is 2.40. The molecule has 1 N–H and O–H groups in total. The molecule has 1 aliphatic carbocycles. The summed E-state index contributed by atoms with van der Waals surface area (Å²) >= 11 is 0. The lowest BCUT2D eigenvalue weighted by atomic mass is 9.75. The summed E-state index contributed by atoms with van der Waals surface area (Å²) in [4.78, 5) is 9.80. The van der Waals surface area contributed by atoms with Crippen LogP contribution in [0.5, 0.6) is 0 Å². The topological polar surface area (TPSA) is 55.2 Å². The van der Waals surface area contributed by atoms with E-state index in [0.29, 0.717) is 6.07 Å². The number of nitro benzene ring substituents is 1. The van der Waals surface area contributed by atoms with Crippen molar-refractivity contribution in [3.8, 4) is 0 Å². The highest BCUT2D eigenvalue weighted by molar-refractivity contribution is 5.37. The summed E-state index contributed by atoms with van der Waals surface area (Å²) in [7, 11) is 0. The Kier molecular flexibility index (Phi) is 3.80. The second-order valence-corrected chi connectivity index (χ2v) is 4.99. The largest absolute Gasteiger partial charge is 0.307 e. The predicted molar refractivity (Wildman–Crippen MR) is 66.7 cm³/mol. The van der Waals surface area contributed by atoms with Crippen molar-refractivity contribution in [3.05, 3.63) is 39.4 Å². The average Bonchev–Trinajstić information content (AvgIpc) is 2.30. The minimum Gasteiger partial charge on any atom is -0.307 e. The van der Waals surface area contributed by atoms with Crippen LogP contribution < -0.4 is 5.32 Å². The summed E-state index contributed by atoms with van der Waals surface area (Å²) in [6, 6.07) is 1.55. The molecule has 0 saturated heterocycles. The van der Waals surface area contributed by atoms with Crippen molar-refractivity contribution in [1.82, 2.24) is 5.32 Å². The third kappa shape index (κ3) is 2.73. The minimum atomic E-state index is -1.14. The highest BCUT2D eigenvalue weighted by Crippen LogP contribution is 2.35. The number of rotatable bonds is 5. The molecule has 1 saturated carbocycles. The van der Waals surface area contributed by atoms with E-state index in [2.05, 4.69) is 12.2 Å². The molecule has 0 atom stereocenters. The van der Waals surface area contributed by atoms with E-state index in [4.69, 9.17) is 0 Å². The Morgan fingerprint density at radius 3 is 2.53 bits per heavy atom. The molecular weight excluding hydrogens is 254 g/mol. The molecule has 1 aromatic carbocycles. The highest BCUT2D eigenvalue weighted by atomic mass is 19.1. The molecule has 1 aromatic rings. The average molecular weight is 270 g/mol. The van der Waals surface area contributed by atoms with E-state index in [1.165, 1.54) is 0 Å². The number of halogens is 2. The molecule has 0 aromatic heterocycles. The van der Waals surface area contributed by atoms with Gasteiger partial charge in [-0.2, -0.15) is 4.39 Å². The number of benzene rings is 1. The molecule has 0 radical (unpaired) electrons. The molecule has 0 spiro atoms. The smallest absolute Gasteiger partial charge is 0.305 e. The van der Waals surface area contributed by atoms with Crippen LogP contribution in [0.15, 0.2) is 12.1 Å². The normalized spacial score (nSPS) is 17.0. The fourth-order valence-electron chi connectivity index (χ4n) is 2.40. The van der Waals surface area contributed by atoms with Gasteiger partial charge in [-0.25, -0.2) is 4.39 Å². The molecule has 0 aliphatic heterocycles. The quantitative estimate of drug-likeness (QED) is 0.659. The SMILES string of the molecule is CCC1(NCc2cc([N+](=O)[O-])c(F)cc2F)CCC1. The zero-order chi connectivity index (χ0) is 14.0. The van der Waals surface area contributed by atoms with Gasteiger partial charge in [0.15, 0.2) is 0 Å². The molecule has 1 aliphatic rings. The highest BCUT2D eigenvalue weighted by Gasteiger charge is 2.34. The number of nitro groups is 1. The first kappa shape index (κ1) is 13.9. The Balaban J connectivity index is 2.16. The van der Waals surface area contributed by atoms with Gasteiger partial charge in [0, 0.05) is 29.8 Å². The lowest BCUT2D eigenvalue weighted by molar-refractivity contribution is -0.387. The van der Waals surface area contributed by atoms with Crippen LogP contribution in [0.4, 0.5) is 14.5 Å². The lowest BCUT2D eigenvalue weighted by Gasteiger charge is -2.42. The summed E-state index contributed by atoms with van der Waals surface area (Å²) < 4.78 is 26.8. The van der Waals surface area contributed by atoms with Gasteiger partial charge in [0.25, 0.3) is 0 Å². The fraction of sp³-hybridized carbons (Fsp3) is 0.538. The van der Waals surface area contributed by atoms with Crippen molar-refractivity contribution in [1.29, 1.82) is 0 Å². The molecule has 104 valence electrons. The van der Waals surface area contributed by atoms with Gasteiger partial charge in [0.1, 0.15) is 5.82 Å². The minimum absolute atomic E-state index is 0.00953. The Hall–Kier alpha value is -1.56. The Bertz CT molecular complexity index is 496. The molecule has 1 fully saturated rings. The third-order valence-electron chi connectivity index (χ3n) is 3.95. The first-order valence-corrected chi connectivity index (χ1v) is 6.35. The van der Waals surface area contributed by atoms with Gasteiger partial charge in [-0.1, -0.05) is 6.92 Å². The molecule has 4 nitrogen and oxygen atoms in total. The first-order valence-electron chi connectivity index (χ1n) is 6.35. The van der Waals surface area contributed by atoms with Gasteiger partial charge < -0.3 is 5.32 Å². The monoisotopic (exact) mass is 270 g/mol. The van der Waals surface area contributed by atoms with Crippen LogP contribution in [0, 0.1) is 21.7 Å². The van der Waals surface area contributed by atoms with Gasteiger partial charge in [0.2, 0.25) is 5.82 Å².